The van der Waals surface area contributed by atoms with E-state index in [4.69, 9.17) is 34.2 Å². The average molecular weight is 582 g/mol. The molecule has 2 atom stereocenters. The monoisotopic (exact) mass is 581 g/mol. The molecular formula is C30H47NO10. The molecule has 0 heterocycles. The number of esters is 2. The zero-order chi connectivity index (χ0) is 30.7. The van der Waals surface area contributed by atoms with Gasteiger partial charge in [0.15, 0.2) is 11.5 Å². The molecule has 0 aliphatic carbocycles. The molecule has 232 valence electrons. The van der Waals surface area contributed by atoms with Gasteiger partial charge in [0.05, 0.1) is 20.3 Å². The van der Waals surface area contributed by atoms with Gasteiger partial charge in [-0.25, -0.2) is 9.59 Å². The number of hydrogen-bond donors (Lipinski definition) is 1. The second-order valence-electron chi connectivity index (χ2n) is 10.0. The van der Waals surface area contributed by atoms with E-state index in [1.165, 1.54) is 19.2 Å². The molecule has 0 aromatic heterocycles. The van der Waals surface area contributed by atoms with E-state index in [-0.39, 0.29) is 49.9 Å². The average Bonchev–Trinajstić information content (AvgIpc) is 2.93. The van der Waals surface area contributed by atoms with E-state index in [1.807, 2.05) is 20.8 Å². The van der Waals surface area contributed by atoms with E-state index in [0.717, 1.165) is 32.1 Å². The molecule has 0 aliphatic heterocycles. The lowest BCUT2D eigenvalue weighted by molar-refractivity contribution is -0.155. The highest BCUT2D eigenvalue weighted by molar-refractivity contribution is 5.81. The number of nitrogens with two attached hydrogens (primary N) is 1. The molecule has 0 spiro atoms. The van der Waals surface area contributed by atoms with Crippen LogP contribution >= 0.6 is 0 Å². The smallest absolute Gasteiger partial charge is 0.468 e. The summed E-state index contributed by atoms with van der Waals surface area (Å²) in [4.78, 5) is 49.4. The first kappa shape index (κ1) is 35.7. The molecule has 0 amide bonds. The normalized spacial score (nSPS) is 12.9. The summed E-state index contributed by atoms with van der Waals surface area (Å²) in [5, 5.41) is 0. The fraction of sp³-hybridized carbons (Fsp3) is 0.667. The van der Waals surface area contributed by atoms with Gasteiger partial charge in [-0.05, 0) is 43.9 Å². The van der Waals surface area contributed by atoms with Gasteiger partial charge in [-0.2, -0.15) is 0 Å². The third kappa shape index (κ3) is 14.2. The summed E-state index contributed by atoms with van der Waals surface area (Å²) in [7, 11) is 1.22. The zero-order valence-corrected chi connectivity index (χ0v) is 25.2. The Balaban J connectivity index is 3.14. The van der Waals surface area contributed by atoms with Crippen LogP contribution in [-0.4, -0.2) is 56.2 Å². The Bertz CT molecular complexity index is 967. The lowest BCUT2D eigenvalue weighted by atomic mass is 9.86. The van der Waals surface area contributed by atoms with Crippen molar-refractivity contribution in [3.63, 3.8) is 0 Å². The quantitative estimate of drug-likeness (QED) is 0.0883. The molecule has 2 N–H and O–H groups in total. The Kier molecular flexibility index (Phi) is 17.1. The van der Waals surface area contributed by atoms with Gasteiger partial charge < -0.3 is 34.2 Å². The van der Waals surface area contributed by atoms with Crippen LogP contribution in [0.25, 0.3) is 0 Å². The van der Waals surface area contributed by atoms with Crippen LogP contribution in [0.1, 0.15) is 97.5 Å². The van der Waals surface area contributed by atoms with Crippen LogP contribution in [0.5, 0.6) is 11.5 Å². The maximum absolute atomic E-state index is 12.7. The van der Waals surface area contributed by atoms with Gasteiger partial charge in [0.2, 0.25) is 0 Å². The number of methoxy groups -OCH3 is 1. The maximum atomic E-state index is 12.7. The van der Waals surface area contributed by atoms with Crippen molar-refractivity contribution in [2.45, 2.75) is 110 Å². The summed E-state index contributed by atoms with van der Waals surface area (Å²) in [6.45, 7) is 8.04. The molecule has 1 unspecified atom stereocenters. The Labute approximate surface area is 243 Å². The number of ether oxygens (including phenoxy) is 6. The van der Waals surface area contributed by atoms with E-state index < -0.39 is 29.9 Å². The fourth-order valence-corrected chi connectivity index (χ4v) is 4.03. The molecule has 0 saturated carbocycles. The van der Waals surface area contributed by atoms with Crippen LogP contribution in [-0.2, 0) is 35.0 Å². The van der Waals surface area contributed by atoms with Crippen molar-refractivity contribution in [3.05, 3.63) is 23.8 Å². The lowest BCUT2D eigenvalue weighted by Gasteiger charge is -2.29. The van der Waals surface area contributed by atoms with Crippen molar-refractivity contribution in [2.75, 3.05) is 20.3 Å². The Morgan fingerprint density at radius 3 is 1.93 bits per heavy atom. The molecule has 11 heteroatoms. The minimum absolute atomic E-state index is 0.0183. The molecule has 0 saturated heterocycles. The maximum Gasteiger partial charge on any atom is 0.513 e. The molecule has 0 fully saturated rings. The summed E-state index contributed by atoms with van der Waals surface area (Å²) in [6, 6.07) is 4.41. The van der Waals surface area contributed by atoms with Crippen LogP contribution in [0, 0.1) is 0 Å². The number of unbranched alkanes of at least 4 members (excludes halogenated alkanes) is 5. The third-order valence-electron chi connectivity index (χ3n) is 6.16. The van der Waals surface area contributed by atoms with Gasteiger partial charge in [-0.1, -0.05) is 58.9 Å². The predicted octanol–water partition coefficient (Wildman–Crippen LogP) is 6.02. The van der Waals surface area contributed by atoms with Gasteiger partial charge in [-0.3, -0.25) is 9.59 Å². The van der Waals surface area contributed by atoms with Gasteiger partial charge in [0, 0.05) is 19.3 Å². The van der Waals surface area contributed by atoms with Gasteiger partial charge >= 0.3 is 24.2 Å². The van der Waals surface area contributed by atoms with Crippen molar-refractivity contribution in [1.29, 1.82) is 0 Å². The highest BCUT2D eigenvalue weighted by atomic mass is 16.7. The largest absolute Gasteiger partial charge is 0.513 e. The number of hydrogen-bond acceptors (Lipinski definition) is 11. The fourth-order valence-electron chi connectivity index (χ4n) is 4.03. The van der Waals surface area contributed by atoms with Crippen molar-refractivity contribution in [2.24, 2.45) is 5.73 Å². The number of benzene rings is 1. The highest BCUT2D eigenvalue weighted by Gasteiger charge is 2.38. The standard InChI is InChI=1S/C30H47NO10/c1-6-9-12-17-37-28(34)40-24-16-15-23(19-25(24)41-29(35)38-18-13-10-7-2)21-30(31,27(33)36-5)20-22(4)39-26(32)14-11-8-3/h15-16,19,22H,6-14,17-18,20-21,31H2,1-5H3/t22-,30?/m0/s1. The van der Waals surface area contributed by atoms with E-state index in [9.17, 15) is 19.2 Å². The first-order valence-corrected chi connectivity index (χ1v) is 14.5. The van der Waals surface area contributed by atoms with Crippen LogP contribution in [0.2, 0.25) is 0 Å². The first-order valence-electron chi connectivity index (χ1n) is 14.5. The van der Waals surface area contributed by atoms with Crippen LogP contribution in [0.3, 0.4) is 0 Å². The lowest BCUT2D eigenvalue weighted by Crippen LogP contribution is -2.53. The highest BCUT2D eigenvalue weighted by Crippen LogP contribution is 2.32. The molecular weight excluding hydrogens is 534 g/mol. The topological polar surface area (TPSA) is 150 Å². The molecule has 0 radical (unpaired) electrons. The summed E-state index contributed by atoms with van der Waals surface area (Å²) in [5.74, 6) is -1.26. The Morgan fingerprint density at radius 2 is 1.39 bits per heavy atom. The van der Waals surface area contributed by atoms with Crippen LogP contribution in [0.15, 0.2) is 18.2 Å². The van der Waals surface area contributed by atoms with E-state index in [1.54, 1.807) is 13.0 Å². The summed E-state index contributed by atoms with van der Waals surface area (Å²) in [5.41, 5.74) is 5.40. The molecule has 1 rings (SSSR count). The first-order chi connectivity index (χ1) is 19.6. The predicted molar refractivity (Wildman–Crippen MR) is 152 cm³/mol. The van der Waals surface area contributed by atoms with Crippen LogP contribution < -0.4 is 15.2 Å². The summed E-state index contributed by atoms with van der Waals surface area (Å²) < 4.78 is 31.3. The van der Waals surface area contributed by atoms with Gasteiger partial charge in [0.1, 0.15) is 11.6 Å². The molecule has 0 aliphatic rings. The van der Waals surface area contributed by atoms with E-state index in [0.29, 0.717) is 24.8 Å². The third-order valence-corrected chi connectivity index (χ3v) is 6.16. The van der Waals surface area contributed by atoms with Crippen molar-refractivity contribution >= 4 is 24.2 Å². The number of carbonyl (C=O) groups is 4. The zero-order valence-electron chi connectivity index (χ0n) is 25.2. The van der Waals surface area contributed by atoms with Crippen molar-refractivity contribution < 1.29 is 47.6 Å². The Morgan fingerprint density at radius 1 is 0.829 bits per heavy atom. The SMILES string of the molecule is CCCCCOC(=O)Oc1ccc(CC(N)(C[C@H](C)OC(=O)CCCC)C(=O)OC)cc1OC(=O)OCCCCC. The molecule has 11 nitrogen and oxygen atoms in total. The van der Waals surface area contributed by atoms with Gasteiger partial charge in [0.25, 0.3) is 0 Å². The number of carbonyl (C=O) groups excluding carboxylic acids is 4. The minimum Gasteiger partial charge on any atom is -0.468 e. The van der Waals surface area contributed by atoms with Crippen LogP contribution in [0.4, 0.5) is 9.59 Å². The molecule has 41 heavy (non-hydrogen) atoms. The number of rotatable bonds is 19. The van der Waals surface area contributed by atoms with Crippen molar-refractivity contribution in [1.82, 2.24) is 0 Å². The van der Waals surface area contributed by atoms with Gasteiger partial charge in [-0.15, -0.1) is 0 Å². The van der Waals surface area contributed by atoms with E-state index in [2.05, 4.69) is 0 Å². The summed E-state index contributed by atoms with van der Waals surface area (Å²) >= 11 is 0. The van der Waals surface area contributed by atoms with Crippen molar-refractivity contribution in [3.8, 4) is 11.5 Å². The second kappa shape index (κ2) is 19.7. The Hall–Kier alpha value is -3.34. The molecule has 1 aromatic rings. The second-order valence-corrected chi connectivity index (χ2v) is 10.0. The minimum atomic E-state index is -1.57. The molecule has 0 bridgehead atoms. The van der Waals surface area contributed by atoms with E-state index >= 15 is 0 Å². The molecule has 1 aromatic carbocycles. The summed E-state index contributed by atoms with van der Waals surface area (Å²) in [6.07, 6.45) is 4.23.